The van der Waals surface area contributed by atoms with E-state index in [2.05, 4.69) is 24.0 Å². The first-order valence-corrected chi connectivity index (χ1v) is 8.44. The van der Waals surface area contributed by atoms with Crippen LogP contribution in [0.5, 0.6) is 11.5 Å². The van der Waals surface area contributed by atoms with Crippen LogP contribution in [0.3, 0.4) is 0 Å². The summed E-state index contributed by atoms with van der Waals surface area (Å²) in [5.74, 6) is 3.09. The monoisotopic (exact) mass is 337 g/mol. The van der Waals surface area contributed by atoms with Crippen LogP contribution in [-0.4, -0.2) is 24.4 Å². The highest BCUT2D eigenvalue weighted by atomic mass is 32.2. The molecule has 23 heavy (non-hydrogen) atoms. The summed E-state index contributed by atoms with van der Waals surface area (Å²) < 4.78 is 16.2. The van der Waals surface area contributed by atoms with Crippen LogP contribution < -0.4 is 15.2 Å². The third-order valence-corrected chi connectivity index (χ3v) is 4.16. The molecule has 7 heteroatoms. The molecule has 1 atom stereocenters. The van der Waals surface area contributed by atoms with Crippen LogP contribution in [-0.2, 0) is 5.75 Å². The van der Waals surface area contributed by atoms with Crippen molar-refractivity contribution >= 4 is 11.8 Å². The lowest BCUT2D eigenvalue weighted by atomic mass is 10.1. The highest BCUT2D eigenvalue weighted by molar-refractivity contribution is 7.98. The molecule has 0 aliphatic rings. The average Bonchev–Trinajstić information content (AvgIpc) is 3.01. The Balaban J connectivity index is 1.97. The third-order valence-electron chi connectivity index (χ3n) is 3.27. The fourth-order valence-electron chi connectivity index (χ4n) is 2.15. The van der Waals surface area contributed by atoms with Crippen molar-refractivity contribution in [3.63, 3.8) is 0 Å². The summed E-state index contributed by atoms with van der Waals surface area (Å²) in [5.41, 5.74) is 7.13. The average molecular weight is 337 g/mol. The van der Waals surface area contributed by atoms with Crippen molar-refractivity contribution in [1.82, 2.24) is 10.2 Å². The predicted octanol–water partition coefficient (Wildman–Crippen LogP) is 3.43. The Kier molecular flexibility index (Phi) is 6.29. The Morgan fingerprint density at radius 2 is 1.91 bits per heavy atom. The highest BCUT2D eigenvalue weighted by Gasteiger charge is 2.16. The number of nitrogens with zero attached hydrogens (tertiary/aromatic N) is 2. The second-order valence-electron chi connectivity index (χ2n) is 5.62. The molecule has 2 aromatic rings. The molecule has 6 nitrogen and oxygen atoms in total. The summed E-state index contributed by atoms with van der Waals surface area (Å²) in [6.45, 7) is 4.23. The molecule has 0 bridgehead atoms. The number of methoxy groups -OCH3 is 2. The van der Waals surface area contributed by atoms with Crippen molar-refractivity contribution in [2.75, 3.05) is 14.2 Å². The molecular formula is C16H23N3O3S. The van der Waals surface area contributed by atoms with Gasteiger partial charge in [0.25, 0.3) is 5.22 Å². The van der Waals surface area contributed by atoms with E-state index in [4.69, 9.17) is 19.6 Å². The molecule has 0 spiro atoms. The van der Waals surface area contributed by atoms with Crippen LogP contribution in [0.1, 0.15) is 37.8 Å². The Morgan fingerprint density at radius 3 is 2.57 bits per heavy atom. The van der Waals surface area contributed by atoms with E-state index in [1.165, 1.54) is 11.8 Å². The van der Waals surface area contributed by atoms with Crippen LogP contribution in [0.2, 0.25) is 0 Å². The Labute approximate surface area is 140 Å². The summed E-state index contributed by atoms with van der Waals surface area (Å²) >= 11 is 1.47. The lowest BCUT2D eigenvalue weighted by Crippen LogP contribution is -2.13. The Bertz CT molecular complexity index is 631. The summed E-state index contributed by atoms with van der Waals surface area (Å²) in [7, 11) is 3.24. The first kappa shape index (κ1) is 17.6. The topological polar surface area (TPSA) is 83.4 Å². The molecule has 0 fully saturated rings. The van der Waals surface area contributed by atoms with Crippen molar-refractivity contribution in [1.29, 1.82) is 0 Å². The molecular weight excluding hydrogens is 314 g/mol. The molecule has 1 aromatic carbocycles. The van der Waals surface area contributed by atoms with Gasteiger partial charge in [-0.25, -0.2) is 0 Å². The van der Waals surface area contributed by atoms with Gasteiger partial charge >= 0.3 is 0 Å². The zero-order valence-electron chi connectivity index (χ0n) is 13.9. The maximum atomic E-state index is 6.05. The fraction of sp³-hybridized carbons (Fsp3) is 0.500. The number of benzene rings is 1. The van der Waals surface area contributed by atoms with E-state index in [1.54, 1.807) is 14.2 Å². The molecule has 0 saturated carbocycles. The number of thioether (sulfide) groups is 1. The lowest BCUT2D eigenvalue weighted by Gasteiger charge is -2.09. The van der Waals surface area contributed by atoms with Crippen LogP contribution in [0.25, 0.3) is 0 Å². The van der Waals surface area contributed by atoms with Gasteiger partial charge in [0, 0.05) is 5.75 Å². The van der Waals surface area contributed by atoms with Gasteiger partial charge in [0.1, 0.15) is 0 Å². The molecule has 0 aliphatic carbocycles. The lowest BCUT2D eigenvalue weighted by molar-refractivity contribution is 0.354. The van der Waals surface area contributed by atoms with E-state index in [-0.39, 0.29) is 6.04 Å². The maximum Gasteiger partial charge on any atom is 0.276 e. The van der Waals surface area contributed by atoms with Crippen molar-refractivity contribution in [2.24, 2.45) is 11.7 Å². The summed E-state index contributed by atoms with van der Waals surface area (Å²) in [6.07, 6.45) is 0.821. The summed E-state index contributed by atoms with van der Waals surface area (Å²) in [4.78, 5) is 0. The minimum Gasteiger partial charge on any atom is -0.493 e. The molecule has 1 heterocycles. The standard InChI is InChI=1S/C16H23N3O3S/c1-10(2)7-12(17)15-18-19-16(22-15)23-9-11-5-6-13(20-3)14(8-11)21-4/h5-6,8,10,12H,7,9,17H2,1-4H3/t12-/m0/s1. The molecule has 1 aromatic heterocycles. The third kappa shape index (κ3) is 4.87. The van der Waals surface area contributed by atoms with Crippen LogP contribution >= 0.6 is 11.8 Å². The maximum absolute atomic E-state index is 6.05. The van der Waals surface area contributed by atoms with Gasteiger partial charge in [-0.3, -0.25) is 0 Å². The van der Waals surface area contributed by atoms with Gasteiger partial charge in [-0.2, -0.15) is 0 Å². The van der Waals surface area contributed by atoms with Gasteiger partial charge in [-0.1, -0.05) is 31.7 Å². The number of hydrogen-bond donors (Lipinski definition) is 1. The first-order chi connectivity index (χ1) is 11.0. The van der Waals surface area contributed by atoms with Crippen molar-refractivity contribution in [3.05, 3.63) is 29.7 Å². The molecule has 2 rings (SSSR count). The number of rotatable bonds is 8. The SMILES string of the molecule is COc1ccc(CSc2nnc([C@@H](N)CC(C)C)o2)cc1OC. The number of ether oxygens (including phenoxy) is 2. The number of nitrogens with two attached hydrogens (primary N) is 1. The fourth-order valence-corrected chi connectivity index (χ4v) is 2.87. The molecule has 0 saturated heterocycles. The number of aromatic nitrogens is 2. The van der Waals surface area contributed by atoms with Gasteiger partial charge in [-0.15, -0.1) is 10.2 Å². The molecule has 0 radical (unpaired) electrons. The van der Waals surface area contributed by atoms with Gasteiger partial charge in [0.2, 0.25) is 5.89 Å². The second-order valence-corrected chi connectivity index (χ2v) is 6.55. The smallest absolute Gasteiger partial charge is 0.276 e. The van der Waals surface area contributed by atoms with E-state index in [0.29, 0.717) is 34.3 Å². The van der Waals surface area contributed by atoms with E-state index in [9.17, 15) is 0 Å². The van der Waals surface area contributed by atoms with Gasteiger partial charge in [-0.05, 0) is 30.0 Å². The van der Waals surface area contributed by atoms with E-state index in [1.807, 2.05) is 18.2 Å². The van der Waals surface area contributed by atoms with Crippen LogP contribution in [0.15, 0.2) is 27.8 Å². The Morgan fingerprint density at radius 1 is 1.17 bits per heavy atom. The van der Waals surface area contributed by atoms with E-state index in [0.717, 1.165) is 12.0 Å². The Hall–Kier alpha value is -1.73. The first-order valence-electron chi connectivity index (χ1n) is 7.46. The van der Waals surface area contributed by atoms with Crippen LogP contribution in [0, 0.1) is 5.92 Å². The molecule has 126 valence electrons. The van der Waals surface area contributed by atoms with Gasteiger partial charge in [0.05, 0.1) is 20.3 Å². The van der Waals surface area contributed by atoms with Crippen LogP contribution in [0.4, 0.5) is 0 Å². The van der Waals surface area contributed by atoms with Gasteiger partial charge in [0.15, 0.2) is 11.5 Å². The largest absolute Gasteiger partial charge is 0.493 e. The molecule has 0 amide bonds. The summed E-state index contributed by atoms with van der Waals surface area (Å²) in [5, 5.41) is 8.60. The number of hydrogen-bond acceptors (Lipinski definition) is 7. The normalized spacial score (nSPS) is 12.4. The summed E-state index contributed by atoms with van der Waals surface area (Å²) in [6, 6.07) is 5.59. The minimum absolute atomic E-state index is 0.210. The van der Waals surface area contributed by atoms with Gasteiger partial charge < -0.3 is 19.6 Å². The minimum atomic E-state index is -0.210. The highest BCUT2D eigenvalue weighted by Crippen LogP contribution is 2.31. The van der Waals surface area contributed by atoms with Crippen molar-refractivity contribution in [2.45, 2.75) is 37.3 Å². The molecule has 0 aliphatic heterocycles. The molecule has 2 N–H and O–H groups in total. The zero-order chi connectivity index (χ0) is 16.8. The van der Waals surface area contributed by atoms with E-state index < -0.39 is 0 Å². The van der Waals surface area contributed by atoms with Crippen molar-refractivity contribution < 1.29 is 13.9 Å². The predicted molar refractivity (Wildman–Crippen MR) is 89.8 cm³/mol. The second kappa shape index (κ2) is 8.21. The van der Waals surface area contributed by atoms with E-state index >= 15 is 0 Å². The molecule has 0 unspecified atom stereocenters. The van der Waals surface area contributed by atoms with Crippen molar-refractivity contribution in [3.8, 4) is 11.5 Å². The zero-order valence-corrected chi connectivity index (χ0v) is 14.7. The quantitative estimate of drug-likeness (QED) is 0.739.